The lowest BCUT2D eigenvalue weighted by atomic mass is 10.3. The van der Waals surface area contributed by atoms with Crippen molar-refractivity contribution in [3.63, 3.8) is 0 Å². The third kappa shape index (κ3) is 3.34. The van der Waals surface area contributed by atoms with Gasteiger partial charge in [0.05, 0.1) is 4.90 Å². The molecule has 0 aromatic heterocycles. The first-order valence-electron chi connectivity index (χ1n) is 6.11. The monoisotopic (exact) mass is 297 g/mol. The number of nitrogens with zero attached hydrogens (tertiary/aromatic N) is 1. The van der Waals surface area contributed by atoms with Gasteiger partial charge < -0.3 is 10.2 Å². The van der Waals surface area contributed by atoms with Gasteiger partial charge in [-0.2, -0.15) is 0 Å². The Bertz CT molecular complexity index is 619. The third-order valence-corrected chi connectivity index (χ3v) is 3.96. The average Bonchev–Trinajstić information content (AvgIpc) is 2.91. The summed E-state index contributed by atoms with van der Waals surface area (Å²) >= 11 is 0. The Balaban J connectivity index is 2.02. The molecule has 0 unspecified atom stereocenters. The number of carbonyl (C=O) groups is 2. The maximum atomic E-state index is 11.8. The normalized spacial score (nSPS) is 15.2. The van der Waals surface area contributed by atoms with Crippen molar-refractivity contribution in [3.05, 3.63) is 24.3 Å². The molecule has 1 aliphatic heterocycles. The minimum Gasteiger partial charge on any atom is -0.334 e. The van der Waals surface area contributed by atoms with Crippen LogP contribution in [0, 0.1) is 0 Å². The molecule has 0 bridgehead atoms. The largest absolute Gasteiger partial charge is 0.334 e. The van der Waals surface area contributed by atoms with Gasteiger partial charge in [-0.25, -0.2) is 13.6 Å². The lowest BCUT2D eigenvalue weighted by Crippen LogP contribution is -2.37. The molecule has 8 heteroatoms. The van der Waals surface area contributed by atoms with Gasteiger partial charge in [0.2, 0.25) is 10.0 Å². The van der Waals surface area contributed by atoms with Gasteiger partial charge in [0.1, 0.15) is 0 Å². The molecule has 0 aliphatic carbocycles. The molecule has 0 spiro atoms. The number of amides is 2. The Morgan fingerprint density at radius 1 is 1.10 bits per heavy atom. The Labute approximate surface area is 116 Å². The first kappa shape index (κ1) is 14.5. The molecule has 1 saturated heterocycles. The molecule has 1 aromatic carbocycles. The van der Waals surface area contributed by atoms with Crippen LogP contribution in [-0.4, -0.2) is 38.2 Å². The summed E-state index contributed by atoms with van der Waals surface area (Å²) in [6.07, 6.45) is 1.81. The number of hydrogen-bond acceptors (Lipinski definition) is 4. The van der Waals surface area contributed by atoms with Crippen molar-refractivity contribution in [2.75, 3.05) is 18.4 Å². The lowest BCUT2D eigenvalue weighted by molar-refractivity contribution is -0.142. The number of sulfonamides is 1. The standard InChI is InChI=1S/C12H15N3O4S/c13-20(18,19)10-5-3-9(4-6-10)14-11(16)12(17)15-7-1-2-8-15/h3-6H,1-2,7-8H2,(H,14,16)(H2,13,18,19). The van der Waals surface area contributed by atoms with Crippen LogP contribution >= 0.6 is 0 Å². The highest BCUT2D eigenvalue weighted by Gasteiger charge is 2.24. The van der Waals surface area contributed by atoms with E-state index in [9.17, 15) is 18.0 Å². The van der Waals surface area contributed by atoms with E-state index in [4.69, 9.17) is 5.14 Å². The smallest absolute Gasteiger partial charge is 0.313 e. The number of likely N-dealkylation sites (tertiary alicyclic amines) is 1. The van der Waals surface area contributed by atoms with E-state index in [1.165, 1.54) is 29.2 Å². The van der Waals surface area contributed by atoms with E-state index in [-0.39, 0.29) is 4.90 Å². The molecule has 2 rings (SSSR count). The van der Waals surface area contributed by atoms with E-state index in [1.807, 2.05) is 0 Å². The van der Waals surface area contributed by atoms with Gasteiger partial charge in [0.15, 0.2) is 0 Å². The summed E-state index contributed by atoms with van der Waals surface area (Å²) in [5, 5.41) is 7.39. The number of carbonyl (C=O) groups excluding carboxylic acids is 2. The van der Waals surface area contributed by atoms with E-state index >= 15 is 0 Å². The molecule has 1 fully saturated rings. The van der Waals surface area contributed by atoms with E-state index in [0.29, 0.717) is 18.8 Å². The summed E-state index contributed by atoms with van der Waals surface area (Å²) in [5.74, 6) is -1.30. The Hall–Kier alpha value is -1.93. The van der Waals surface area contributed by atoms with Gasteiger partial charge in [0.25, 0.3) is 0 Å². The average molecular weight is 297 g/mol. The van der Waals surface area contributed by atoms with Crippen LogP contribution in [0.2, 0.25) is 0 Å². The third-order valence-electron chi connectivity index (χ3n) is 3.03. The Kier molecular flexibility index (Phi) is 4.05. The van der Waals surface area contributed by atoms with E-state index in [2.05, 4.69) is 5.32 Å². The second kappa shape index (κ2) is 5.59. The van der Waals surface area contributed by atoms with Crippen molar-refractivity contribution < 1.29 is 18.0 Å². The van der Waals surface area contributed by atoms with Gasteiger partial charge in [-0.05, 0) is 37.1 Å². The molecule has 1 aliphatic rings. The zero-order chi connectivity index (χ0) is 14.8. The fraction of sp³-hybridized carbons (Fsp3) is 0.333. The molecule has 1 heterocycles. The predicted octanol–water partition coefficient (Wildman–Crippen LogP) is -0.105. The SMILES string of the molecule is NS(=O)(=O)c1ccc(NC(=O)C(=O)N2CCCC2)cc1. The minimum atomic E-state index is -3.77. The van der Waals surface area contributed by atoms with E-state index in [0.717, 1.165) is 12.8 Å². The van der Waals surface area contributed by atoms with Crippen molar-refractivity contribution in [1.29, 1.82) is 0 Å². The van der Waals surface area contributed by atoms with Crippen LogP contribution in [0.3, 0.4) is 0 Å². The van der Waals surface area contributed by atoms with Gasteiger partial charge in [-0.15, -0.1) is 0 Å². The van der Waals surface area contributed by atoms with Crippen molar-refractivity contribution in [2.24, 2.45) is 5.14 Å². The molecule has 108 valence electrons. The highest BCUT2D eigenvalue weighted by atomic mass is 32.2. The molecule has 0 saturated carbocycles. The highest BCUT2D eigenvalue weighted by Crippen LogP contribution is 2.13. The first-order valence-corrected chi connectivity index (χ1v) is 7.66. The second-order valence-electron chi connectivity index (χ2n) is 4.52. The molecule has 2 amide bonds. The van der Waals surface area contributed by atoms with Crippen molar-refractivity contribution in [2.45, 2.75) is 17.7 Å². The van der Waals surface area contributed by atoms with Crippen LogP contribution in [0.25, 0.3) is 0 Å². The Morgan fingerprint density at radius 3 is 2.15 bits per heavy atom. The summed E-state index contributed by atoms with van der Waals surface area (Å²) in [4.78, 5) is 24.9. The topological polar surface area (TPSA) is 110 Å². The fourth-order valence-electron chi connectivity index (χ4n) is 1.98. The summed E-state index contributed by atoms with van der Waals surface area (Å²) < 4.78 is 22.2. The maximum Gasteiger partial charge on any atom is 0.313 e. The summed E-state index contributed by atoms with van der Waals surface area (Å²) in [6.45, 7) is 1.19. The number of hydrogen-bond donors (Lipinski definition) is 2. The van der Waals surface area contributed by atoms with Gasteiger partial charge in [-0.3, -0.25) is 9.59 Å². The number of primary sulfonamides is 1. The number of rotatable bonds is 2. The first-order chi connectivity index (χ1) is 9.38. The molecule has 7 nitrogen and oxygen atoms in total. The van der Waals surface area contributed by atoms with Crippen LogP contribution in [0.5, 0.6) is 0 Å². The van der Waals surface area contributed by atoms with Crippen LogP contribution in [0.15, 0.2) is 29.2 Å². The summed E-state index contributed by atoms with van der Waals surface area (Å²) in [6, 6.07) is 5.31. The molecule has 3 N–H and O–H groups in total. The van der Waals surface area contributed by atoms with Crippen molar-refractivity contribution >= 4 is 27.5 Å². The van der Waals surface area contributed by atoms with Crippen molar-refractivity contribution in [3.8, 4) is 0 Å². The molecule has 1 aromatic rings. The zero-order valence-electron chi connectivity index (χ0n) is 10.7. The minimum absolute atomic E-state index is 0.0543. The van der Waals surface area contributed by atoms with Crippen LogP contribution in [0.1, 0.15) is 12.8 Å². The fourth-order valence-corrected chi connectivity index (χ4v) is 2.49. The molecule has 20 heavy (non-hydrogen) atoms. The van der Waals surface area contributed by atoms with E-state index in [1.54, 1.807) is 0 Å². The number of nitrogens with one attached hydrogen (secondary N) is 1. The Morgan fingerprint density at radius 2 is 1.65 bits per heavy atom. The lowest BCUT2D eigenvalue weighted by Gasteiger charge is -2.14. The van der Waals surface area contributed by atoms with Gasteiger partial charge >= 0.3 is 11.8 Å². The predicted molar refractivity (Wildman–Crippen MR) is 72.3 cm³/mol. The number of anilines is 1. The van der Waals surface area contributed by atoms with E-state index < -0.39 is 21.8 Å². The zero-order valence-corrected chi connectivity index (χ0v) is 11.5. The molecule has 0 atom stereocenters. The highest BCUT2D eigenvalue weighted by molar-refractivity contribution is 7.89. The summed E-state index contributed by atoms with van der Waals surface area (Å²) in [5.41, 5.74) is 0.343. The molecule has 0 radical (unpaired) electrons. The number of benzene rings is 1. The van der Waals surface area contributed by atoms with Crippen LogP contribution < -0.4 is 10.5 Å². The molecular formula is C12H15N3O4S. The summed E-state index contributed by atoms with van der Waals surface area (Å²) in [7, 11) is -3.77. The second-order valence-corrected chi connectivity index (χ2v) is 6.08. The van der Waals surface area contributed by atoms with Crippen molar-refractivity contribution in [1.82, 2.24) is 4.90 Å². The maximum absolute atomic E-state index is 11.8. The quantitative estimate of drug-likeness (QED) is 0.742. The number of nitrogens with two attached hydrogens (primary N) is 1. The molecular weight excluding hydrogens is 282 g/mol. The van der Waals surface area contributed by atoms with Gasteiger partial charge in [0, 0.05) is 18.8 Å². The van der Waals surface area contributed by atoms with Crippen LogP contribution in [0.4, 0.5) is 5.69 Å². The van der Waals surface area contributed by atoms with Gasteiger partial charge in [-0.1, -0.05) is 0 Å². The van der Waals surface area contributed by atoms with Crippen LogP contribution in [-0.2, 0) is 19.6 Å².